The van der Waals surface area contributed by atoms with Gasteiger partial charge in [0.25, 0.3) is 0 Å². The highest BCUT2D eigenvalue weighted by atomic mass is 16.8. The van der Waals surface area contributed by atoms with Crippen LogP contribution in [0.5, 0.6) is 0 Å². The van der Waals surface area contributed by atoms with Gasteiger partial charge in [-0.05, 0) is 20.3 Å². The van der Waals surface area contributed by atoms with Gasteiger partial charge in [-0.1, -0.05) is 0 Å². The Morgan fingerprint density at radius 1 is 1.25 bits per heavy atom. The number of carboxylic acids is 2. The summed E-state index contributed by atoms with van der Waals surface area (Å²) >= 11 is 0. The topological polar surface area (TPSA) is 128 Å². The first-order valence-corrected chi connectivity index (χ1v) is 6.24. The van der Waals surface area contributed by atoms with Crippen LogP contribution in [0, 0.1) is 5.92 Å². The first-order chi connectivity index (χ1) is 9.18. The van der Waals surface area contributed by atoms with Crippen LogP contribution in [0.3, 0.4) is 0 Å². The number of nitrogens with two attached hydrogens (primary N) is 1. The summed E-state index contributed by atoms with van der Waals surface area (Å²) in [5.74, 6) is -3.76. The number of hydrogen-bond donors (Lipinski definition) is 3. The van der Waals surface area contributed by atoms with E-state index in [0.29, 0.717) is 12.5 Å². The summed E-state index contributed by atoms with van der Waals surface area (Å²) in [6.07, 6.45) is 1.09. The molecule has 0 aromatic rings. The fourth-order valence-electron chi connectivity index (χ4n) is 2.51. The minimum atomic E-state index is -1.82. The Kier molecular flexibility index (Phi) is 5.46. The predicted molar refractivity (Wildman–Crippen MR) is 67.1 cm³/mol. The predicted octanol–water partition coefficient (Wildman–Crippen LogP) is -0.344. The van der Waals surface area contributed by atoms with Crippen molar-refractivity contribution < 1.29 is 34.0 Å². The molecule has 20 heavy (non-hydrogen) atoms. The highest BCUT2D eigenvalue weighted by molar-refractivity contribution is 6.27. The highest BCUT2D eigenvalue weighted by Gasteiger charge is 2.52. The summed E-state index contributed by atoms with van der Waals surface area (Å²) in [6, 6.07) is 0.0851. The number of carbonyl (C=O) groups is 2. The largest absolute Gasteiger partial charge is 0.473 e. The summed E-state index contributed by atoms with van der Waals surface area (Å²) in [6.45, 7) is 4.57. The van der Waals surface area contributed by atoms with E-state index in [1.165, 1.54) is 0 Å². The molecule has 0 spiro atoms. The molecule has 116 valence electrons. The van der Waals surface area contributed by atoms with Gasteiger partial charge in [-0.3, -0.25) is 0 Å². The van der Waals surface area contributed by atoms with Crippen molar-refractivity contribution >= 4 is 11.9 Å². The smallest absolute Gasteiger partial charge is 0.414 e. The number of aliphatic carboxylic acids is 2. The van der Waals surface area contributed by atoms with Crippen molar-refractivity contribution in [2.75, 3.05) is 13.7 Å². The molecule has 0 aromatic carbocycles. The first-order valence-electron chi connectivity index (χ1n) is 6.24. The minimum Gasteiger partial charge on any atom is -0.473 e. The molecule has 2 aliphatic rings. The third-order valence-corrected chi connectivity index (χ3v) is 3.19. The maximum absolute atomic E-state index is 9.10. The Labute approximate surface area is 116 Å². The lowest BCUT2D eigenvalue weighted by molar-refractivity contribution is -0.159. The molecule has 0 bridgehead atoms. The second kappa shape index (κ2) is 6.49. The molecule has 1 aliphatic carbocycles. The number of methoxy groups -OCH3 is 1. The molecule has 2 rings (SSSR count). The fourth-order valence-corrected chi connectivity index (χ4v) is 2.51. The Bertz CT molecular complexity index is 359. The third kappa shape index (κ3) is 4.14. The summed E-state index contributed by atoms with van der Waals surface area (Å²) in [4.78, 5) is 18.2. The van der Waals surface area contributed by atoms with Crippen LogP contribution in [-0.4, -0.2) is 59.9 Å². The van der Waals surface area contributed by atoms with Gasteiger partial charge in [0.2, 0.25) is 0 Å². The third-order valence-electron chi connectivity index (χ3n) is 3.19. The average Bonchev–Trinajstić information content (AvgIpc) is 2.77. The lowest BCUT2D eigenvalue weighted by Gasteiger charge is -2.22. The zero-order valence-corrected chi connectivity index (χ0v) is 11.7. The molecule has 0 aromatic heterocycles. The summed E-state index contributed by atoms with van der Waals surface area (Å²) in [5, 5.41) is 14.8. The molecule has 4 N–H and O–H groups in total. The Hall–Kier alpha value is -1.22. The molecule has 0 amide bonds. The monoisotopic (exact) mass is 291 g/mol. The molecule has 4 unspecified atom stereocenters. The van der Waals surface area contributed by atoms with Gasteiger partial charge in [-0.2, -0.15) is 0 Å². The van der Waals surface area contributed by atoms with Crippen LogP contribution in [-0.2, 0) is 23.8 Å². The van der Waals surface area contributed by atoms with E-state index in [-0.39, 0.29) is 18.2 Å². The quantitative estimate of drug-likeness (QED) is 0.589. The standard InChI is InChI=1S/C10H19NO3.C2H2O4/c1-10(2)13-8-6(5-12-3)4-7(11)9(8)14-10;3-1(4)2(5)6/h6-9H,4-5,11H2,1-3H3;(H,3,4)(H,5,6). The van der Waals surface area contributed by atoms with Gasteiger partial charge in [0.05, 0.1) is 12.7 Å². The van der Waals surface area contributed by atoms with E-state index in [1.807, 2.05) is 13.8 Å². The highest BCUT2D eigenvalue weighted by Crippen LogP contribution is 2.40. The van der Waals surface area contributed by atoms with Gasteiger partial charge in [0.15, 0.2) is 5.79 Å². The molecule has 0 radical (unpaired) electrons. The van der Waals surface area contributed by atoms with Crippen molar-refractivity contribution in [3.8, 4) is 0 Å². The van der Waals surface area contributed by atoms with Crippen LogP contribution >= 0.6 is 0 Å². The van der Waals surface area contributed by atoms with Gasteiger partial charge in [-0.15, -0.1) is 0 Å². The molecule has 4 atom stereocenters. The van der Waals surface area contributed by atoms with Gasteiger partial charge < -0.3 is 30.2 Å². The van der Waals surface area contributed by atoms with E-state index in [1.54, 1.807) is 7.11 Å². The van der Waals surface area contributed by atoms with Crippen LogP contribution in [0.15, 0.2) is 0 Å². The lowest BCUT2D eigenvalue weighted by Crippen LogP contribution is -2.35. The summed E-state index contributed by atoms with van der Waals surface area (Å²) < 4.78 is 16.7. The molecule has 1 heterocycles. The molecule has 1 aliphatic heterocycles. The first kappa shape index (κ1) is 16.8. The number of hydrogen-bond acceptors (Lipinski definition) is 6. The fraction of sp³-hybridized carbons (Fsp3) is 0.833. The Balaban J connectivity index is 0.000000286. The van der Waals surface area contributed by atoms with Gasteiger partial charge in [0.1, 0.15) is 6.10 Å². The van der Waals surface area contributed by atoms with E-state index in [2.05, 4.69) is 0 Å². The van der Waals surface area contributed by atoms with Crippen LogP contribution < -0.4 is 5.73 Å². The van der Waals surface area contributed by atoms with E-state index in [4.69, 9.17) is 39.7 Å². The maximum atomic E-state index is 9.10. The number of carboxylic acid groups (broad SMARTS) is 2. The van der Waals surface area contributed by atoms with Crippen molar-refractivity contribution in [2.24, 2.45) is 11.7 Å². The number of fused-ring (bicyclic) bond motifs is 1. The molecular formula is C12H21NO7. The van der Waals surface area contributed by atoms with Crippen molar-refractivity contribution in [1.82, 2.24) is 0 Å². The van der Waals surface area contributed by atoms with Gasteiger partial charge in [0, 0.05) is 19.1 Å². The van der Waals surface area contributed by atoms with Crippen LogP contribution in [0.2, 0.25) is 0 Å². The van der Waals surface area contributed by atoms with Crippen molar-refractivity contribution in [2.45, 2.75) is 44.3 Å². The molecule has 8 heteroatoms. The zero-order valence-electron chi connectivity index (χ0n) is 11.7. The molecular weight excluding hydrogens is 270 g/mol. The van der Waals surface area contributed by atoms with Gasteiger partial charge >= 0.3 is 11.9 Å². The van der Waals surface area contributed by atoms with Crippen molar-refractivity contribution in [3.63, 3.8) is 0 Å². The summed E-state index contributed by atoms with van der Waals surface area (Å²) in [5.41, 5.74) is 6.00. The van der Waals surface area contributed by atoms with Gasteiger partial charge in [-0.25, -0.2) is 9.59 Å². The lowest BCUT2D eigenvalue weighted by atomic mass is 10.1. The summed E-state index contributed by atoms with van der Waals surface area (Å²) in [7, 11) is 1.71. The molecule has 1 saturated carbocycles. The minimum absolute atomic E-state index is 0.0464. The molecule has 1 saturated heterocycles. The van der Waals surface area contributed by atoms with E-state index in [0.717, 1.165) is 6.42 Å². The van der Waals surface area contributed by atoms with E-state index < -0.39 is 17.7 Å². The van der Waals surface area contributed by atoms with E-state index in [9.17, 15) is 0 Å². The normalized spacial score (nSPS) is 34.0. The van der Waals surface area contributed by atoms with Crippen molar-refractivity contribution in [1.29, 1.82) is 0 Å². The zero-order chi connectivity index (χ0) is 15.5. The second-order valence-corrected chi connectivity index (χ2v) is 5.29. The molecule has 2 fully saturated rings. The maximum Gasteiger partial charge on any atom is 0.414 e. The number of rotatable bonds is 2. The Morgan fingerprint density at radius 2 is 1.75 bits per heavy atom. The second-order valence-electron chi connectivity index (χ2n) is 5.29. The molecule has 8 nitrogen and oxygen atoms in total. The Morgan fingerprint density at radius 3 is 2.20 bits per heavy atom. The van der Waals surface area contributed by atoms with Crippen LogP contribution in [0.25, 0.3) is 0 Å². The van der Waals surface area contributed by atoms with Crippen LogP contribution in [0.4, 0.5) is 0 Å². The van der Waals surface area contributed by atoms with Crippen LogP contribution in [0.1, 0.15) is 20.3 Å². The van der Waals surface area contributed by atoms with Crippen molar-refractivity contribution in [3.05, 3.63) is 0 Å². The number of ether oxygens (including phenoxy) is 3. The average molecular weight is 291 g/mol. The van der Waals surface area contributed by atoms with E-state index >= 15 is 0 Å². The SMILES string of the molecule is COCC1CC(N)C2OC(C)(C)OC12.O=C(O)C(=O)O.